The SMILES string of the molecule is CC(CCl)SCc1ccc(Br)cc1F. The minimum Gasteiger partial charge on any atom is -0.207 e. The van der Waals surface area contributed by atoms with E-state index in [1.165, 1.54) is 6.07 Å². The Bertz CT molecular complexity index is 306. The summed E-state index contributed by atoms with van der Waals surface area (Å²) in [6.07, 6.45) is 0. The average Bonchev–Trinajstić information content (AvgIpc) is 2.16. The predicted molar refractivity (Wildman–Crippen MR) is 65.6 cm³/mol. The lowest BCUT2D eigenvalue weighted by Gasteiger charge is -2.07. The van der Waals surface area contributed by atoms with Crippen LogP contribution in [-0.4, -0.2) is 11.1 Å². The van der Waals surface area contributed by atoms with Crippen molar-refractivity contribution in [3.8, 4) is 0 Å². The van der Waals surface area contributed by atoms with Gasteiger partial charge >= 0.3 is 0 Å². The van der Waals surface area contributed by atoms with Gasteiger partial charge in [0.2, 0.25) is 0 Å². The van der Waals surface area contributed by atoms with Crippen LogP contribution in [0.25, 0.3) is 0 Å². The van der Waals surface area contributed by atoms with Gasteiger partial charge in [-0.3, -0.25) is 0 Å². The van der Waals surface area contributed by atoms with Gasteiger partial charge in [0.15, 0.2) is 0 Å². The maximum atomic E-state index is 13.3. The van der Waals surface area contributed by atoms with Crippen molar-refractivity contribution in [1.82, 2.24) is 0 Å². The fourth-order valence-electron chi connectivity index (χ4n) is 0.915. The lowest BCUT2D eigenvalue weighted by molar-refractivity contribution is 0.616. The molecule has 0 aliphatic heterocycles. The van der Waals surface area contributed by atoms with E-state index >= 15 is 0 Å². The van der Waals surface area contributed by atoms with Gasteiger partial charge in [-0.2, -0.15) is 11.8 Å². The van der Waals surface area contributed by atoms with Crippen molar-refractivity contribution in [2.45, 2.75) is 17.9 Å². The van der Waals surface area contributed by atoms with Gasteiger partial charge < -0.3 is 0 Å². The van der Waals surface area contributed by atoms with Crippen LogP contribution in [0, 0.1) is 5.82 Å². The highest BCUT2D eigenvalue weighted by Crippen LogP contribution is 2.22. The standard InChI is InChI=1S/C10H11BrClFS/c1-7(5-12)14-6-8-2-3-9(11)4-10(8)13/h2-4,7H,5-6H2,1H3. The van der Waals surface area contributed by atoms with Crippen LogP contribution in [-0.2, 0) is 5.75 Å². The third-order valence-electron chi connectivity index (χ3n) is 1.76. The molecule has 14 heavy (non-hydrogen) atoms. The Hall–Kier alpha value is 0.270. The monoisotopic (exact) mass is 296 g/mol. The number of hydrogen-bond acceptors (Lipinski definition) is 1. The van der Waals surface area contributed by atoms with Gasteiger partial charge in [-0.1, -0.05) is 28.9 Å². The number of halogens is 3. The van der Waals surface area contributed by atoms with Crippen molar-refractivity contribution in [2.75, 3.05) is 5.88 Å². The molecule has 0 saturated heterocycles. The molecular formula is C10H11BrClFS. The van der Waals surface area contributed by atoms with Gasteiger partial charge in [-0.25, -0.2) is 4.39 Å². The quantitative estimate of drug-likeness (QED) is 0.740. The van der Waals surface area contributed by atoms with Crippen LogP contribution in [0.3, 0.4) is 0 Å². The highest BCUT2D eigenvalue weighted by molar-refractivity contribution is 9.10. The molecule has 0 saturated carbocycles. The first kappa shape index (κ1) is 12.3. The van der Waals surface area contributed by atoms with Crippen LogP contribution in [0.5, 0.6) is 0 Å². The Morgan fingerprint density at radius 1 is 1.57 bits per heavy atom. The zero-order valence-corrected chi connectivity index (χ0v) is 10.9. The molecule has 0 aliphatic carbocycles. The summed E-state index contributed by atoms with van der Waals surface area (Å²) in [7, 11) is 0. The Morgan fingerprint density at radius 3 is 2.86 bits per heavy atom. The summed E-state index contributed by atoms with van der Waals surface area (Å²) in [5, 5.41) is 0.361. The number of alkyl halides is 1. The Kier molecular flexibility index (Phi) is 5.28. The van der Waals surface area contributed by atoms with Gasteiger partial charge in [0.1, 0.15) is 5.82 Å². The fourth-order valence-corrected chi connectivity index (χ4v) is 2.30. The zero-order valence-electron chi connectivity index (χ0n) is 7.77. The van der Waals surface area contributed by atoms with Gasteiger partial charge in [0.05, 0.1) is 0 Å². The average molecular weight is 298 g/mol. The summed E-state index contributed by atoms with van der Waals surface area (Å²) in [5.41, 5.74) is 0.732. The molecule has 1 aromatic rings. The van der Waals surface area contributed by atoms with E-state index in [9.17, 15) is 4.39 Å². The second-order valence-corrected chi connectivity index (χ2v) is 5.66. The summed E-state index contributed by atoms with van der Waals surface area (Å²) >= 11 is 10.5. The van der Waals surface area contributed by atoms with Crippen LogP contribution in [0.1, 0.15) is 12.5 Å². The molecule has 0 heterocycles. The smallest absolute Gasteiger partial charge is 0.128 e. The molecular weight excluding hydrogens is 287 g/mol. The minimum absolute atomic E-state index is 0.159. The molecule has 0 radical (unpaired) electrons. The third kappa shape index (κ3) is 3.79. The molecule has 0 aromatic heterocycles. The Balaban J connectivity index is 2.59. The largest absolute Gasteiger partial charge is 0.207 e. The third-order valence-corrected chi connectivity index (χ3v) is 4.11. The van der Waals surface area contributed by atoms with Gasteiger partial charge in [-0.05, 0) is 17.7 Å². The highest BCUT2D eigenvalue weighted by Gasteiger charge is 2.05. The van der Waals surface area contributed by atoms with E-state index in [0.29, 0.717) is 16.9 Å². The van der Waals surface area contributed by atoms with Gasteiger partial charge in [-0.15, -0.1) is 11.6 Å². The first-order valence-electron chi connectivity index (χ1n) is 4.25. The molecule has 1 unspecified atom stereocenters. The van der Waals surface area contributed by atoms with Crippen molar-refractivity contribution in [1.29, 1.82) is 0 Å². The van der Waals surface area contributed by atoms with Gasteiger partial charge in [0, 0.05) is 21.4 Å². The lowest BCUT2D eigenvalue weighted by atomic mass is 10.2. The van der Waals surface area contributed by atoms with E-state index in [1.54, 1.807) is 17.8 Å². The van der Waals surface area contributed by atoms with E-state index < -0.39 is 0 Å². The minimum atomic E-state index is -0.159. The number of rotatable bonds is 4. The topological polar surface area (TPSA) is 0 Å². The van der Waals surface area contributed by atoms with Crippen LogP contribution in [0.2, 0.25) is 0 Å². The Labute approximate surface area is 101 Å². The van der Waals surface area contributed by atoms with Gasteiger partial charge in [0.25, 0.3) is 0 Å². The summed E-state index contributed by atoms with van der Waals surface area (Å²) in [6, 6.07) is 5.14. The van der Waals surface area contributed by atoms with E-state index in [2.05, 4.69) is 15.9 Å². The normalized spacial score (nSPS) is 12.9. The number of thioether (sulfide) groups is 1. The maximum absolute atomic E-state index is 13.3. The van der Waals surface area contributed by atoms with Crippen LogP contribution >= 0.6 is 39.3 Å². The molecule has 0 fully saturated rings. The summed E-state index contributed by atoms with van der Waals surface area (Å²) < 4.78 is 14.1. The van der Waals surface area contributed by atoms with Crippen LogP contribution in [0.4, 0.5) is 4.39 Å². The van der Waals surface area contributed by atoms with Crippen LogP contribution in [0.15, 0.2) is 22.7 Å². The molecule has 0 amide bonds. The molecule has 0 N–H and O–H groups in total. The molecule has 4 heteroatoms. The first-order chi connectivity index (χ1) is 6.63. The predicted octanol–water partition coefficient (Wildman–Crippen LogP) is 4.45. The second kappa shape index (κ2) is 5.99. The number of hydrogen-bond donors (Lipinski definition) is 0. The van der Waals surface area contributed by atoms with Crippen LogP contribution < -0.4 is 0 Å². The van der Waals surface area contributed by atoms with E-state index in [4.69, 9.17) is 11.6 Å². The van der Waals surface area contributed by atoms with Crippen molar-refractivity contribution in [3.05, 3.63) is 34.1 Å². The molecule has 0 spiro atoms. The molecule has 0 nitrogen and oxygen atoms in total. The number of benzene rings is 1. The highest BCUT2D eigenvalue weighted by atomic mass is 79.9. The molecule has 0 aliphatic rings. The lowest BCUT2D eigenvalue weighted by Crippen LogP contribution is -1.98. The summed E-state index contributed by atoms with van der Waals surface area (Å²) in [6.45, 7) is 2.04. The maximum Gasteiger partial charge on any atom is 0.128 e. The van der Waals surface area contributed by atoms with Crippen molar-refractivity contribution in [3.63, 3.8) is 0 Å². The molecule has 1 aromatic carbocycles. The molecule has 78 valence electrons. The summed E-state index contributed by atoms with van der Waals surface area (Å²) in [5.74, 6) is 1.11. The van der Waals surface area contributed by atoms with Crippen molar-refractivity contribution < 1.29 is 4.39 Å². The fraction of sp³-hybridized carbons (Fsp3) is 0.400. The molecule has 0 bridgehead atoms. The molecule has 1 atom stereocenters. The second-order valence-electron chi connectivity index (χ2n) is 3.01. The first-order valence-corrected chi connectivity index (χ1v) is 6.62. The van der Waals surface area contributed by atoms with E-state index in [-0.39, 0.29) is 5.82 Å². The van der Waals surface area contributed by atoms with E-state index in [0.717, 1.165) is 10.0 Å². The van der Waals surface area contributed by atoms with E-state index in [1.807, 2.05) is 13.0 Å². The van der Waals surface area contributed by atoms with Crippen molar-refractivity contribution in [2.24, 2.45) is 0 Å². The van der Waals surface area contributed by atoms with Crippen molar-refractivity contribution >= 4 is 39.3 Å². The molecule has 1 rings (SSSR count). The zero-order chi connectivity index (χ0) is 10.6. The Morgan fingerprint density at radius 2 is 2.29 bits per heavy atom. The summed E-state index contributed by atoms with van der Waals surface area (Å²) in [4.78, 5) is 0.